The van der Waals surface area contributed by atoms with Crippen molar-refractivity contribution in [2.45, 2.75) is 46.6 Å². The van der Waals surface area contributed by atoms with Crippen LogP contribution in [0.15, 0.2) is 23.2 Å². The zero-order valence-electron chi connectivity index (χ0n) is 15.7. The fraction of sp³-hybridized carbons (Fsp3) is 0.632. The summed E-state index contributed by atoms with van der Waals surface area (Å²) in [6, 6.07) is 6.27. The lowest BCUT2D eigenvalue weighted by molar-refractivity contribution is 0.110. The summed E-state index contributed by atoms with van der Waals surface area (Å²) >= 11 is 0. The summed E-state index contributed by atoms with van der Waals surface area (Å²) in [7, 11) is 1.80. The van der Waals surface area contributed by atoms with Crippen molar-refractivity contribution in [1.82, 2.24) is 10.6 Å². The van der Waals surface area contributed by atoms with Crippen LogP contribution >= 0.6 is 0 Å². The standard InChI is InChI=1S/C19H33N3O2/c1-5-7-8-11-21-19(20-4)22-15-17-10-9-16(3)14-18(17)24-13-12-23-6-2/h9-10,14H,5-8,11-13,15H2,1-4H3,(H2,20,21,22). The Bertz CT molecular complexity index is 490. The van der Waals surface area contributed by atoms with Crippen molar-refractivity contribution in [1.29, 1.82) is 0 Å². The van der Waals surface area contributed by atoms with Gasteiger partial charge in [-0.05, 0) is 31.9 Å². The molecule has 0 aliphatic carbocycles. The van der Waals surface area contributed by atoms with Gasteiger partial charge in [-0.1, -0.05) is 31.9 Å². The van der Waals surface area contributed by atoms with Crippen LogP contribution in [0.5, 0.6) is 5.75 Å². The Labute approximate surface area is 146 Å². The van der Waals surface area contributed by atoms with Crippen LogP contribution in [-0.4, -0.2) is 39.4 Å². The van der Waals surface area contributed by atoms with Crippen LogP contribution in [0, 0.1) is 6.92 Å². The predicted octanol–water partition coefficient (Wildman–Crippen LogP) is 3.27. The van der Waals surface area contributed by atoms with Crippen LogP contribution in [0.2, 0.25) is 0 Å². The number of rotatable bonds is 11. The maximum atomic E-state index is 5.87. The third-order valence-corrected chi connectivity index (χ3v) is 3.65. The fourth-order valence-corrected chi connectivity index (χ4v) is 2.28. The molecule has 5 nitrogen and oxygen atoms in total. The van der Waals surface area contributed by atoms with Crippen LogP contribution in [0.1, 0.15) is 44.2 Å². The smallest absolute Gasteiger partial charge is 0.191 e. The third-order valence-electron chi connectivity index (χ3n) is 3.65. The van der Waals surface area contributed by atoms with E-state index in [0.717, 1.165) is 30.2 Å². The lowest BCUT2D eigenvalue weighted by Crippen LogP contribution is -2.37. The van der Waals surface area contributed by atoms with Gasteiger partial charge in [-0.15, -0.1) is 0 Å². The van der Waals surface area contributed by atoms with Gasteiger partial charge in [-0.2, -0.15) is 0 Å². The number of unbranched alkanes of at least 4 members (excludes halogenated alkanes) is 2. The maximum absolute atomic E-state index is 5.87. The molecular weight excluding hydrogens is 302 g/mol. The molecule has 0 aliphatic rings. The zero-order valence-corrected chi connectivity index (χ0v) is 15.7. The molecule has 0 unspecified atom stereocenters. The lowest BCUT2D eigenvalue weighted by atomic mass is 10.1. The van der Waals surface area contributed by atoms with Gasteiger partial charge >= 0.3 is 0 Å². The molecule has 1 aromatic carbocycles. The van der Waals surface area contributed by atoms with E-state index in [-0.39, 0.29) is 0 Å². The van der Waals surface area contributed by atoms with E-state index in [1.807, 2.05) is 6.92 Å². The normalized spacial score (nSPS) is 11.4. The average Bonchev–Trinajstić information content (AvgIpc) is 2.59. The predicted molar refractivity (Wildman–Crippen MR) is 101 cm³/mol. The summed E-state index contributed by atoms with van der Waals surface area (Å²) in [5.74, 6) is 1.73. The molecule has 0 saturated carbocycles. The van der Waals surface area contributed by atoms with Gasteiger partial charge in [0, 0.05) is 32.3 Å². The summed E-state index contributed by atoms with van der Waals surface area (Å²) in [6.07, 6.45) is 3.62. The molecule has 0 aliphatic heterocycles. The van der Waals surface area contributed by atoms with Crippen LogP contribution in [0.4, 0.5) is 0 Å². The highest BCUT2D eigenvalue weighted by atomic mass is 16.5. The fourth-order valence-electron chi connectivity index (χ4n) is 2.28. The molecule has 0 fully saturated rings. The van der Waals surface area contributed by atoms with Crippen molar-refractivity contribution in [2.75, 3.05) is 33.4 Å². The summed E-state index contributed by atoms with van der Waals surface area (Å²) < 4.78 is 11.2. The van der Waals surface area contributed by atoms with Crippen LogP contribution in [0.3, 0.4) is 0 Å². The molecule has 0 amide bonds. The highest BCUT2D eigenvalue weighted by Gasteiger charge is 2.06. The van der Waals surface area contributed by atoms with E-state index in [1.165, 1.54) is 18.4 Å². The number of nitrogens with one attached hydrogen (secondary N) is 2. The highest BCUT2D eigenvalue weighted by molar-refractivity contribution is 5.79. The second-order valence-electron chi connectivity index (χ2n) is 5.72. The molecule has 0 atom stereocenters. The SMILES string of the molecule is CCCCCNC(=NC)NCc1ccc(C)cc1OCCOCC. The van der Waals surface area contributed by atoms with E-state index >= 15 is 0 Å². The summed E-state index contributed by atoms with van der Waals surface area (Å²) in [6.45, 7) is 9.77. The van der Waals surface area contributed by atoms with E-state index in [2.05, 4.69) is 47.7 Å². The van der Waals surface area contributed by atoms with Crippen molar-refractivity contribution in [3.63, 3.8) is 0 Å². The van der Waals surface area contributed by atoms with Crippen LogP contribution in [0.25, 0.3) is 0 Å². The zero-order chi connectivity index (χ0) is 17.6. The molecule has 1 aromatic rings. The number of ether oxygens (including phenoxy) is 2. The number of hydrogen-bond acceptors (Lipinski definition) is 3. The molecule has 1 rings (SSSR count). The van der Waals surface area contributed by atoms with E-state index in [1.54, 1.807) is 7.05 Å². The minimum Gasteiger partial charge on any atom is -0.491 e. The van der Waals surface area contributed by atoms with Gasteiger partial charge < -0.3 is 20.1 Å². The molecule has 0 aromatic heterocycles. The van der Waals surface area contributed by atoms with Crippen LogP contribution in [-0.2, 0) is 11.3 Å². The van der Waals surface area contributed by atoms with Crippen molar-refractivity contribution in [2.24, 2.45) is 4.99 Å². The topological polar surface area (TPSA) is 54.9 Å². The Kier molecular flexibility index (Phi) is 10.7. The van der Waals surface area contributed by atoms with Gasteiger partial charge in [0.1, 0.15) is 12.4 Å². The highest BCUT2D eigenvalue weighted by Crippen LogP contribution is 2.20. The summed E-state index contributed by atoms with van der Waals surface area (Å²) in [4.78, 5) is 4.27. The Morgan fingerprint density at radius 3 is 2.67 bits per heavy atom. The second kappa shape index (κ2) is 12.6. The van der Waals surface area contributed by atoms with Gasteiger partial charge in [0.15, 0.2) is 5.96 Å². The first kappa shape index (κ1) is 20.3. The first-order valence-corrected chi connectivity index (χ1v) is 8.95. The van der Waals surface area contributed by atoms with Gasteiger partial charge in [0.2, 0.25) is 0 Å². The molecule has 24 heavy (non-hydrogen) atoms. The first-order valence-electron chi connectivity index (χ1n) is 8.95. The summed E-state index contributed by atoms with van der Waals surface area (Å²) in [5.41, 5.74) is 2.31. The average molecular weight is 335 g/mol. The largest absolute Gasteiger partial charge is 0.491 e. The lowest BCUT2D eigenvalue weighted by Gasteiger charge is -2.15. The Morgan fingerprint density at radius 1 is 1.12 bits per heavy atom. The van der Waals surface area contributed by atoms with Crippen molar-refractivity contribution in [3.8, 4) is 5.75 Å². The Morgan fingerprint density at radius 2 is 1.96 bits per heavy atom. The molecule has 0 heterocycles. The number of hydrogen-bond donors (Lipinski definition) is 2. The number of benzene rings is 1. The number of aliphatic imine (C=N–C) groups is 1. The quantitative estimate of drug-likeness (QED) is 0.370. The molecular formula is C19H33N3O2. The molecule has 2 N–H and O–H groups in total. The van der Waals surface area contributed by atoms with Gasteiger partial charge in [-0.25, -0.2) is 0 Å². The van der Waals surface area contributed by atoms with Crippen LogP contribution < -0.4 is 15.4 Å². The first-order chi connectivity index (χ1) is 11.7. The minimum atomic E-state index is 0.564. The number of aryl methyl sites for hydroxylation is 1. The van der Waals surface area contributed by atoms with Crippen molar-refractivity contribution in [3.05, 3.63) is 29.3 Å². The molecule has 0 bridgehead atoms. The van der Waals surface area contributed by atoms with E-state index in [4.69, 9.17) is 9.47 Å². The van der Waals surface area contributed by atoms with E-state index < -0.39 is 0 Å². The minimum absolute atomic E-state index is 0.564. The van der Waals surface area contributed by atoms with Gasteiger partial charge in [0.25, 0.3) is 0 Å². The number of nitrogens with zero attached hydrogens (tertiary/aromatic N) is 1. The van der Waals surface area contributed by atoms with Crippen molar-refractivity contribution < 1.29 is 9.47 Å². The van der Waals surface area contributed by atoms with E-state index in [9.17, 15) is 0 Å². The molecule has 0 radical (unpaired) electrons. The summed E-state index contributed by atoms with van der Waals surface area (Å²) in [5, 5.41) is 6.70. The molecule has 0 spiro atoms. The maximum Gasteiger partial charge on any atom is 0.191 e. The molecule has 5 heteroatoms. The van der Waals surface area contributed by atoms with Gasteiger partial charge in [0.05, 0.1) is 6.61 Å². The van der Waals surface area contributed by atoms with Crippen molar-refractivity contribution >= 4 is 5.96 Å². The molecule has 0 saturated heterocycles. The number of guanidine groups is 1. The third kappa shape index (κ3) is 8.20. The second-order valence-corrected chi connectivity index (χ2v) is 5.72. The van der Waals surface area contributed by atoms with E-state index in [0.29, 0.717) is 26.4 Å². The monoisotopic (exact) mass is 335 g/mol. The Hall–Kier alpha value is -1.75. The molecule has 136 valence electrons. The van der Waals surface area contributed by atoms with Gasteiger partial charge in [-0.3, -0.25) is 4.99 Å². The Balaban J connectivity index is 2.52.